The minimum absolute atomic E-state index is 0.0815. The third-order valence-electron chi connectivity index (χ3n) is 3.83. The number of likely N-dealkylation sites (tertiary alicyclic amines) is 1. The number of hydrogen-bond acceptors (Lipinski definition) is 4. The Hall–Kier alpha value is -1.44. The van der Waals surface area contributed by atoms with Gasteiger partial charge in [-0.1, -0.05) is 23.2 Å². The first-order valence-corrected chi connectivity index (χ1v) is 8.75. The molecule has 0 unspecified atom stereocenters. The highest BCUT2D eigenvalue weighted by molar-refractivity contribution is 6.44. The van der Waals surface area contributed by atoms with Crippen LogP contribution in [0.3, 0.4) is 0 Å². The summed E-state index contributed by atoms with van der Waals surface area (Å²) >= 11 is 12.0. The Morgan fingerprint density at radius 1 is 1.32 bits per heavy atom. The van der Waals surface area contributed by atoms with E-state index in [1.165, 1.54) is 4.90 Å². The van der Waals surface area contributed by atoms with Crippen molar-refractivity contribution in [3.8, 4) is 0 Å². The maximum Gasteiger partial charge on any atom is 0.410 e. The van der Waals surface area contributed by atoms with Crippen LogP contribution in [0.1, 0.15) is 43.4 Å². The molecule has 0 spiro atoms. The van der Waals surface area contributed by atoms with Crippen LogP contribution in [0.15, 0.2) is 0 Å². The lowest BCUT2D eigenvalue weighted by Gasteiger charge is -2.36. The highest BCUT2D eigenvalue weighted by Gasteiger charge is 2.34. The van der Waals surface area contributed by atoms with Gasteiger partial charge in [0, 0.05) is 12.2 Å². The van der Waals surface area contributed by atoms with Crippen LogP contribution in [0, 0.1) is 6.92 Å². The van der Waals surface area contributed by atoms with Crippen LogP contribution in [0.25, 0.3) is 0 Å². The summed E-state index contributed by atoms with van der Waals surface area (Å²) in [5.41, 5.74) is 0.150. The summed E-state index contributed by atoms with van der Waals surface area (Å²) in [5, 5.41) is 13.5. The van der Waals surface area contributed by atoms with Crippen LogP contribution in [0.2, 0.25) is 10.0 Å². The van der Waals surface area contributed by atoms with Gasteiger partial charge in [0.15, 0.2) is 0 Å². The first-order chi connectivity index (χ1) is 11.5. The number of aliphatic hydroxyl groups is 1. The van der Waals surface area contributed by atoms with E-state index in [9.17, 15) is 14.7 Å². The van der Waals surface area contributed by atoms with E-state index in [-0.39, 0.29) is 17.3 Å². The molecule has 1 saturated heterocycles. The highest BCUT2D eigenvalue weighted by Crippen LogP contribution is 2.29. The smallest absolute Gasteiger partial charge is 0.410 e. The van der Waals surface area contributed by atoms with Gasteiger partial charge in [0.2, 0.25) is 0 Å². The lowest BCUT2D eigenvalue weighted by molar-refractivity contribution is -0.00411. The van der Waals surface area contributed by atoms with E-state index in [1.807, 2.05) is 0 Å². The monoisotopic (exact) mass is 391 g/mol. The molecule has 1 fully saturated rings. The standard InChI is InChI=1S/C16H23Cl2N3O4/c1-8-11(17)12(18)13(19-8)14(23)20-9-5-6-21(7-10(9)22)15(24)25-16(2,3)4/h9-10,19,22H,5-7H2,1-4H3,(H,20,23)/t9-,10-/m1/s1. The molecule has 1 aliphatic heterocycles. The molecule has 3 N–H and O–H groups in total. The average Bonchev–Trinajstić information content (AvgIpc) is 2.75. The lowest BCUT2D eigenvalue weighted by Crippen LogP contribution is -2.56. The number of aromatic amines is 1. The zero-order valence-electron chi connectivity index (χ0n) is 14.7. The second-order valence-electron chi connectivity index (χ2n) is 7.12. The number of aromatic nitrogens is 1. The van der Waals surface area contributed by atoms with Crippen molar-refractivity contribution in [3.63, 3.8) is 0 Å². The molecule has 0 aliphatic carbocycles. The van der Waals surface area contributed by atoms with Crippen LogP contribution in [0.5, 0.6) is 0 Å². The number of halogens is 2. The molecule has 140 valence electrons. The van der Waals surface area contributed by atoms with Crippen molar-refractivity contribution in [3.05, 3.63) is 21.4 Å². The Bertz CT molecular complexity index is 669. The number of H-pyrrole nitrogens is 1. The van der Waals surface area contributed by atoms with E-state index in [4.69, 9.17) is 27.9 Å². The predicted octanol–water partition coefficient (Wildman–Crippen LogP) is 2.73. The molecule has 2 rings (SSSR count). The summed E-state index contributed by atoms with van der Waals surface area (Å²) in [5.74, 6) is -0.449. The van der Waals surface area contributed by atoms with Gasteiger partial charge in [0.1, 0.15) is 11.3 Å². The summed E-state index contributed by atoms with van der Waals surface area (Å²) in [6.45, 7) is 7.50. The van der Waals surface area contributed by atoms with Crippen LogP contribution in [-0.2, 0) is 4.74 Å². The summed E-state index contributed by atoms with van der Waals surface area (Å²) in [7, 11) is 0. The van der Waals surface area contributed by atoms with Gasteiger partial charge in [-0.3, -0.25) is 4.79 Å². The predicted molar refractivity (Wildman–Crippen MR) is 95.2 cm³/mol. The van der Waals surface area contributed by atoms with Gasteiger partial charge < -0.3 is 25.0 Å². The van der Waals surface area contributed by atoms with E-state index in [2.05, 4.69) is 10.3 Å². The fourth-order valence-corrected chi connectivity index (χ4v) is 2.98. The number of aliphatic hydroxyl groups excluding tert-OH is 1. The first kappa shape index (κ1) is 19.9. The van der Waals surface area contributed by atoms with Crippen LogP contribution in [0.4, 0.5) is 4.79 Å². The van der Waals surface area contributed by atoms with Gasteiger partial charge in [-0.15, -0.1) is 0 Å². The Balaban J connectivity index is 1.96. The van der Waals surface area contributed by atoms with Gasteiger partial charge in [0.25, 0.3) is 5.91 Å². The molecule has 2 atom stereocenters. The fraction of sp³-hybridized carbons (Fsp3) is 0.625. The first-order valence-electron chi connectivity index (χ1n) is 8.00. The average molecular weight is 392 g/mol. The number of amides is 2. The number of hydrogen-bond donors (Lipinski definition) is 3. The molecule has 0 bridgehead atoms. The number of nitrogens with one attached hydrogen (secondary N) is 2. The van der Waals surface area contributed by atoms with Crippen molar-refractivity contribution >= 4 is 35.2 Å². The minimum atomic E-state index is -0.907. The van der Waals surface area contributed by atoms with Crippen LogP contribution >= 0.6 is 23.2 Å². The SMILES string of the molecule is Cc1[nH]c(C(=O)N[C@@H]2CCN(C(=O)OC(C)(C)C)C[C@H]2O)c(Cl)c1Cl. The molecule has 1 aromatic rings. The zero-order valence-corrected chi connectivity index (χ0v) is 16.2. The number of β-amino-alcohol motifs (C(OH)–C–C–N with tert-alkyl or cyclic N) is 1. The van der Waals surface area contributed by atoms with Crippen molar-refractivity contribution in [2.75, 3.05) is 13.1 Å². The molecular weight excluding hydrogens is 369 g/mol. The van der Waals surface area contributed by atoms with E-state index < -0.39 is 29.7 Å². The summed E-state index contributed by atoms with van der Waals surface area (Å²) in [4.78, 5) is 28.7. The summed E-state index contributed by atoms with van der Waals surface area (Å²) < 4.78 is 5.29. The van der Waals surface area contributed by atoms with Crippen LogP contribution < -0.4 is 5.32 Å². The molecular formula is C16H23Cl2N3O4. The molecule has 7 nitrogen and oxygen atoms in total. The van der Waals surface area contributed by atoms with Gasteiger partial charge in [-0.2, -0.15) is 0 Å². The largest absolute Gasteiger partial charge is 0.444 e. The summed E-state index contributed by atoms with van der Waals surface area (Å²) in [6.07, 6.45) is -0.987. The van der Waals surface area contributed by atoms with Gasteiger partial charge in [-0.05, 0) is 34.1 Å². The molecule has 1 aliphatic rings. The van der Waals surface area contributed by atoms with Crippen molar-refractivity contribution in [1.82, 2.24) is 15.2 Å². The Labute approximate surface area is 156 Å². The van der Waals surface area contributed by atoms with Crippen molar-refractivity contribution < 1.29 is 19.4 Å². The number of nitrogens with zero attached hydrogens (tertiary/aromatic N) is 1. The van der Waals surface area contributed by atoms with Crippen molar-refractivity contribution in [2.24, 2.45) is 0 Å². The van der Waals surface area contributed by atoms with Crippen molar-refractivity contribution in [2.45, 2.75) is 51.9 Å². The van der Waals surface area contributed by atoms with E-state index in [1.54, 1.807) is 27.7 Å². The Morgan fingerprint density at radius 3 is 2.44 bits per heavy atom. The minimum Gasteiger partial charge on any atom is -0.444 e. The number of ether oxygens (including phenoxy) is 1. The third-order valence-corrected chi connectivity index (χ3v) is 4.78. The molecule has 0 radical (unpaired) electrons. The fourth-order valence-electron chi connectivity index (χ4n) is 2.56. The number of rotatable bonds is 2. The summed E-state index contributed by atoms with van der Waals surface area (Å²) in [6, 6.07) is -0.496. The Kier molecular flexibility index (Phi) is 5.91. The second-order valence-corrected chi connectivity index (χ2v) is 7.87. The van der Waals surface area contributed by atoms with Gasteiger partial charge in [-0.25, -0.2) is 4.79 Å². The molecule has 1 aromatic heterocycles. The maximum absolute atomic E-state index is 12.3. The van der Waals surface area contributed by atoms with E-state index in [0.717, 1.165) is 0 Å². The number of aryl methyl sites for hydroxylation is 1. The second kappa shape index (κ2) is 7.43. The molecule has 25 heavy (non-hydrogen) atoms. The third kappa shape index (κ3) is 4.80. The van der Waals surface area contributed by atoms with E-state index >= 15 is 0 Å². The normalized spacial score (nSPS) is 21.2. The molecule has 2 heterocycles. The van der Waals surface area contributed by atoms with E-state index in [0.29, 0.717) is 23.7 Å². The zero-order chi connectivity index (χ0) is 18.9. The molecule has 0 saturated carbocycles. The topological polar surface area (TPSA) is 94.7 Å². The molecule has 0 aromatic carbocycles. The number of carbonyl (C=O) groups is 2. The molecule has 2 amide bonds. The van der Waals surface area contributed by atoms with Gasteiger partial charge in [0.05, 0.1) is 28.7 Å². The number of piperidine rings is 1. The maximum atomic E-state index is 12.3. The van der Waals surface area contributed by atoms with Crippen molar-refractivity contribution in [1.29, 1.82) is 0 Å². The quantitative estimate of drug-likeness (QED) is 0.721. The number of carbonyl (C=O) groups excluding carboxylic acids is 2. The highest BCUT2D eigenvalue weighted by atomic mass is 35.5. The van der Waals surface area contributed by atoms with Crippen LogP contribution in [-0.4, -0.2) is 57.8 Å². The van der Waals surface area contributed by atoms with Gasteiger partial charge >= 0.3 is 6.09 Å². The Morgan fingerprint density at radius 2 is 1.96 bits per heavy atom. The lowest BCUT2D eigenvalue weighted by atomic mass is 10.0. The molecule has 9 heteroatoms.